The van der Waals surface area contributed by atoms with Gasteiger partial charge in [0.25, 0.3) is 11.7 Å². The minimum atomic E-state index is -0.504. The number of amides is 1. The lowest BCUT2D eigenvalue weighted by atomic mass is 10.1. The second-order valence-electron chi connectivity index (χ2n) is 3.71. The fourth-order valence-electron chi connectivity index (χ4n) is 1.81. The van der Waals surface area contributed by atoms with Gasteiger partial charge in [-0.2, -0.15) is 5.26 Å². The van der Waals surface area contributed by atoms with Crippen LogP contribution in [0.3, 0.4) is 0 Å². The molecule has 0 unspecified atom stereocenters. The van der Waals surface area contributed by atoms with Crippen LogP contribution in [-0.4, -0.2) is 18.2 Å². The first-order valence-electron chi connectivity index (χ1n) is 5.18. The number of ketones is 1. The average molecular weight is 293 g/mol. The van der Waals surface area contributed by atoms with Crippen molar-refractivity contribution in [2.24, 2.45) is 0 Å². The molecule has 1 amide bonds. The number of nitriles is 1. The van der Waals surface area contributed by atoms with Crippen LogP contribution in [0.1, 0.15) is 23.2 Å². The summed E-state index contributed by atoms with van der Waals surface area (Å²) in [4.78, 5) is 24.9. The molecule has 5 heteroatoms. The summed E-state index contributed by atoms with van der Waals surface area (Å²) in [6, 6.07) is 7.21. The average Bonchev–Trinajstić information content (AvgIpc) is 2.54. The van der Waals surface area contributed by atoms with Gasteiger partial charge in [-0.05, 0) is 24.6 Å². The lowest BCUT2D eigenvalue weighted by molar-refractivity contribution is -0.114. The number of unbranched alkanes of at least 4 members (excludes halogenated alkanes) is 1. The van der Waals surface area contributed by atoms with Crippen molar-refractivity contribution in [2.75, 3.05) is 11.4 Å². The Morgan fingerprint density at radius 1 is 1.35 bits per heavy atom. The molecule has 1 aliphatic heterocycles. The standard InChI is InChI=1S/C12H9BrN2O2/c13-8-3-4-10-9(7-8)11(16)12(17)15(10)6-2-1-5-14/h3-4,7H,1-2,6H2. The summed E-state index contributed by atoms with van der Waals surface area (Å²) < 4.78 is 0.774. The van der Waals surface area contributed by atoms with Crippen molar-refractivity contribution in [3.8, 4) is 6.07 Å². The molecule has 1 aromatic carbocycles. The van der Waals surface area contributed by atoms with E-state index in [1.165, 1.54) is 4.90 Å². The summed E-state index contributed by atoms with van der Waals surface area (Å²) >= 11 is 3.27. The van der Waals surface area contributed by atoms with Gasteiger partial charge in [-0.15, -0.1) is 0 Å². The number of rotatable bonds is 3. The first kappa shape index (κ1) is 11.8. The number of hydrogen-bond donors (Lipinski definition) is 0. The Balaban J connectivity index is 2.29. The predicted octanol–water partition coefficient (Wildman–Crippen LogP) is 2.28. The molecular formula is C12H9BrN2O2. The number of anilines is 1. The van der Waals surface area contributed by atoms with E-state index in [1.807, 2.05) is 6.07 Å². The van der Waals surface area contributed by atoms with E-state index in [4.69, 9.17) is 5.26 Å². The Morgan fingerprint density at radius 2 is 2.12 bits per heavy atom. The number of carbonyl (C=O) groups is 2. The monoisotopic (exact) mass is 292 g/mol. The number of carbonyl (C=O) groups excluding carboxylic acids is 2. The van der Waals surface area contributed by atoms with Gasteiger partial charge < -0.3 is 4.90 Å². The zero-order valence-electron chi connectivity index (χ0n) is 8.94. The van der Waals surface area contributed by atoms with E-state index in [0.717, 1.165) is 4.47 Å². The SMILES string of the molecule is N#CCCCN1C(=O)C(=O)c2cc(Br)ccc21. The second kappa shape index (κ2) is 4.68. The molecule has 17 heavy (non-hydrogen) atoms. The molecule has 0 aromatic heterocycles. The van der Waals surface area contributed by atoms with Crippen LogP contribution in [0.5, 0.6) is 0 Å². The number of fused-ring (bicyclic) bond motifs is 1. The van der Waals surface area contributed by atoms with Crippen LogP contribution in [0.25, 0.3) is 0 Å². The Labute approximate surface area is 107 Å². The molecule has 0 radical (unpaired) electrons. The van der Waals surface area contributed by atoms with Crippen molar-refractivity contribution in [3.05, 3.63) is 28.2 Å². The van der Waals surface area contributed by atoms with Gasteiger partial charge in [0.1, 0.15) is 0 Å². The molecule has 0 N–H and O–H groups in total. The van der Waals surface area contributed by atoms with Crippen molar-refractivity contribution < 1.29 is 9.59 Å². The Bertz CT molecular complexity index is 534. The molecule has 4 nitrogen and oxygen atoms in total. The van der Waals surface area contributed by atoms with Crippen LogP contribution >= 0.6 is 15.9 Å². The number of halogens is 1. The van der Waals surface area contributed by atoms with Crippen molar-refractivity contribution in [3.63, 3.8) is 0 Å². The van der Waals surface area contributed by atoms with Crippen LogP contribution in [0.4, 0.5) is 5.69 Å². The first-order valence-corrected chi connectivity index (χ1v) is 5.97. The molecule has 0 saturated carbocycles. The van der Waals surface area contributed by atoms with Gasteiger partial charge >= 0.3 is 0 Å². The van der Waals surface area contributed by atoms with Crippen molar-refractivity contribution in [2.45, 2.75) is 12.8 Å². The smallest absolute Gasteiger partial charge is 0.299 e. The van der Waals surface area contributed by atoms with Crippen molar-refractivity contribution in [1.29, 1.82) is 5.26 Å². The van der Waals surface area contributed by atoms with E-state index in [2.05, 4.69) is 15.9 Å². The highest BCUT2D eigenvalue weighted by Crippen LogP contribution is 2.31. The van der Waals surface area contributed by atoms with Gasteiger partial charge in [0.2, 0.25) is 0 Å². The fourth-order valence-corrected chi connectivity index (χ4v) is 2.17. The Hall–Kier alpha value is -1.67. The quantitative estimate of drug-likeness (QED) is 0.634. The highest BCUT2D eigenvalue weighted by atomic mass is 79.9. The molecule has 0 atom stereocenters. The summed E-state index contributed by atoms with van der Waals surface area (Å²) in [5.74, 6) is -0.978. The summed E-state index contributed by atoms with van der Waals surface area (Å²) in [6.07, 6.45) is 0.953. The predicted molar refractivity (Wildman–Crippen MR) is 65.7 cm³/mol. The van der Waals surface area contributed by atoms with Gasteiger partial charge in [0, 0.05) is 17.4 Å². The van der Waals surface area contributed by atoms with Crippen molar-refractivity contribution in [1.82, 2.24) is 0 Å². The van der Waals surface area contributed by atoms with Gasteiger partial charge in [-0.1, -0.05) is 15.9 Å². The number of nitrogens with zero attached hydrogens (tertiary/aromatic N) is 2. The normalized spacial score (nSPS) is 13.8. The van der Waals surface area contributed by atoms with Gasteiger partial charge in [-0.25, -0.2) is 0 Å². The summed E-state index contributed by atoms with van der Waals surface area (Å²) in [6.45, 7) is 0.409. The molecular weight excluding hydrogens is 284 g/mol. The van der Waals surface area contributed by atoms with Gasteiger partial charge in [0.05, 0.1) is 17.3 Å². The summed E-state index contributed by atoms with van der Waals surface area (Å²) in [7, 11) is 0. The van der Waals surface area contributed by atoms with E-state index in [1.54, 1.807) is 18.2 Å². The van der Waals surface area contributed by atoms with Crippen LogP contribution < -0.4 is 4.90 Å². The maximum atomic E-state index is 11.7. The molecule has 0 fully saturated rings. The van der Waals surface area contributed by atoms with E-state index in [9.17, 15) is 9.59 Å². The number of Topliss-reactive ketones (excluding diaryl/α,β-unsaturated/α-hetero) is 1. The van der Waals surface area contributed by atoms with Crippen LogP contribution in [0.15, 0.2) is 22.7 Å². The third-order valence-electron chi connectivity index (χ3n) is 2.60. The molecule has 0 saturated heterocycles. The highest BCUT2D eigenvalue weighted by molar-refractivity contribution is 9.10. The van der Waals surface area contributed by atoms with Crippen molar-refractivity contribution >= 4 is 33.3 Å². The highest BCUT2D eigenvalue weighted by Gasteiger charge is 2.35. The molecule has 1 aliphatic rings. The molecule has 0 bridgehead atoms. The Kier molecular flexibility index (Phi) is 3.25. The van der Waals surface area contributed by atoms with Gasteiger partial charge in [-0.3, -0.25) is 9.59 Å². The largest absolute Gasteiger partial charge is 0.305 e. The lowest BCUT2D eigenvalue weighted by Crippen LogP contribution is -2.30. The van der Waals surface area contributed by atoms with Crippen LogP contribution in [0, 0.1) is 11.3 Å². The molecule has 0 spiro atoms. The molecule has 2 rings (SSSR count). The maximum absolute atomic E-state index is 11.7. The van der Waals surface area contributed by atoms with Crippen LogP contribution in [0.2, 0.25) is 0 Å². The third kappa shape index (κ3) is 2.08. The topological polar surface area (TPSA) is 61.2 Å². The minimum absolute atomic E-state index is 0.379. The van der Waals surface area contributed by atoms with Crippen LogP contribution in [-0.2, 0) is 4.79 Å². The second-order valence-corrected chi connectivity index (χ2v) is 4.62. The zero-order valence-corrected chi connectivity index (χ0v) is 10.5. The summed E-state index contributed by atoms with van der Waals surface area (Å²) in [5.41, 5.74) is 1.07. The number of benzene rings is 1. The fraction of sp³-hybridized carbons (Fsp3) is 0.250. The lowest BCUT2D eigenvalue weighted by Gasteiger charge is -2.15. The molecule has 1 aromatic rings. The maximum Gasteiger partial charge on any atom is 0.299 e. The Morgan fingerprint density at radius 3 is 2.82 bits per heavy atom. The van der Waals surface area contributed by atoms with E-state index >= 15 is 0 Å². The van der Waals surface area contributed by atoms with E-state index < -0.39 is 11.7 Å². The third-order valence-corrected chi connectivity index (χ3v) is 3.10. The minimum Gasteiger partial charge on any atom is -0.305 e. The summed E-state index contributed by atoms with van der Waals surface area (Å²) in [5, 5.41) is 8.46. The molecule has 1 heterocycles. The molecule has 86 valence electrons. The van der Waals surface area contributed by atoms with E-state index in [0.29, 0.717) is 30.6 Å². The number of hydrogen-bond acceptors (Lipinski definition) is 3. The van der Waals surface area contributed by atoms with E-state index in [-0.39, 0.29) is 0 Å². The first-order chi connectivity index (χ1) is 8.15. The zero-order chi connectivity index (χ0) is 12.4. The van der Waals surface area contributed by atoms with Gasteiger partial charge in [0.15, 0.2) is 0 Å². The molecule has 0 aliphatic carbocycles.